The molecule has 0 saturated carbocycles. The van der Waals surface area contributed by atoms with E-state index >= 15 is 0 Å². The van der Waals surface area contributed by atoms with Crippen LogP contribution in [0.15, 0.2) is 0 Å². The third-order valence-corrected chi connectivity index (χ3v) is 2.12. The van der Waals surface area contributed by atoms with E-state index in [2.05, 4.69) is 5.32 Å². The largest absolute Gasteiger partial charge is 0.460 e. The number of rotatable bonds is 4. The van der Waals surface area contributed by atoms with Crippen molar-refractivity contribution in [1.29, 1.82) is 0 Å². The van der Waals surface area contributed by atoms with Gasteiger partial charge in [-0.3, -0.25) is 4.79 Å². The predicted molar refractivity (Wildman–Crippen MR) is 75.3 cm³/mol. The molecule has 20 heavy (non-hydrogen) atoms. The first-order valence-electron chi connectivity index (χ1n) is 6.69. The van der Waals surface area contributed by atoms with Crippen LogP contribution in [0, 0.1) is 0 Å². The maximum absolute atomic E-state index is 11.6. The summed E-state index contributed by atoms with van der Waals surface area (Å²) in [7, 11) is 0. The zero-order valence-electron chi connectivity index (χ0n) is 13.4. The Kier molecular flexibility index (Phi) is 6.47. The fourth-order valence-corrected chi connectivity index (χ4v) is 1.32. The Balaban J connectivity index is 4.25. The van der Waals surface area contributed by atoms with Crippen molar-refractivity contribution in [1.82, 2.24) is 5.32 Å². The molecule has 0 aromatic carbocycles. The van der Waals surface area contributed by atoms with Gasteiger partial charge in [-0.15, -0.1) is 0 Å². The smallest absolute Gasteiger partial charge is 0.407 e. The van der Waals surface area contributed by atoms with Crippen LogP contribution in [0.5, 0.6) is 0 Å². The van der Waals surface area contributed by atoms with Crippen LogP contribution in [0.25, 0.3) is 0 Å². The SMILES string of the molecule is C[C@H](NC(=O)OC(C)(C)C)[C@@H](O)CC(=O)OC(C)(C)C. The average molecular weight is 289 g/mol. The second-order valence-corrected chi connectivity index (χ2v) is 6.79. The van der Waals surface area contributed by atoms with Crippen molar-refractivity contribution < 1.29 is 24.2 Å². The Hall–Kier alpha value is -1.30. The van der Waals surface area contributed by atoms with Gasteiger partial charge in [-0.1, -0.05) is 0 Å². The molecule has 1 amide bonds. The summed E-state index contributed by atoms with van der Waals surface area (Å²) in [6, 6.07) is -0.614. The Labute approximate surface area is 120 Å². The normalized spacial score (nSPS) is 15.2. The van der Waals surface area contributed by atoms with Gasteiger partial charge in [0, 0.05) is 0 Å². The Morgan fingerprint density at radius 2 is 1.50 bits per heavy atom. The van der Waals surface area contributed by atoms with E-state index in [4.69, 9.17) is 9.47 Å². The topological polar surface area (TPSA) is 84.9 Å². The predicted octanol–water partition coefficient (Wildman–Crippen LogP) is 1.99. The van der Waals surface area contributed by atoms with Crippen molar-refractivity contribution in [2.45, 2.75) is 78.2 Å². The van der Waals surface area contributed by atoms with Gasteiger partial charge < -0.3 is 19.9 Å². The first kappa shape index (κ1) is 18.7. The van der Waals surface area contributed by atoms with Crippen LogP contribution in [0.2, 0.25) is 0 Å². The van der Waals surface area contributed by atoms with Crippen molar-refractivity contribution in [2.75, 3.05) is 0 Å². The molecule has 0 fully saturated rings. The number of esters is 1. The van der Waals surface area contributed by atoms with Crippen LogP contribution in [-0.2, 0) is 14.3 Å². The highest BCUT2D eigenvalue weighted by molar-refractivity contribution is 5.71. The number of hydrogen-bond acceptors (Lipinski definition) is 5. The molecule has 0 aliphatic rings. The second-order valence-electron chi connectivity index (χ2n) is 6.79. The summed E-state index contributed by atoms with van der Waals surface area (Å²) in [4.78, 5) is 23.1. The minimum atomic E-state index is -1.03. The summed E-state index contributed by atoms with van der Waals surface area (Å²) in [6.45, 7) is 12.1. The maximum Gasteiger partial charge on any atom is 0.407 e. The molecule has 6 nitrogen and oxygen atoms in total. The fraction of sp³-hybridized carbons (Fsp3) is 0.857. The number of hydrogen-bond donors (Lipinski definition) is 2. The minimum absolute atomic E-state index is 0.186. The van der Waals surface area contributed by atoms with Gasteiger partial charge in [0.15, 0.2) is 0 Å². The molecule has 0 aromatic rings. The maximum atomic E-state index is 11.6. The van der Waals surface area contributed by atoms with Gasteiger partial charge in [0.2, 0.25) is 0 Å². The molecule has 2 atom stereocenters. The summed E-state index contributed by atoms with van der Waals surface area (Å²) >= 11 is 0. The standard InChI is InChI=1S/C14H27NO5/c1-9(15-12(18)20-14(5,6)7)10(16)8-11(17)19-13(2,3)4/h9-10,16H,8H2,1-7H3,(H,15,18)/t9-,10-/m0/s1. The van der Waals surface area contributed by atoms with Crippen LogP contribution < -0.4 is 5.32 Å². The average Bonchev–Trinajstić information content (AvgIpc) is 2.10. The number of alkyl carbamates (subject to hydrolysis) is 1. The number of aliphatic hydroxyl groups excluding tert-OH is 1. The van der Waals surface area contributed by atoms with E-state index in [1.165, 1.54) is 0 Å². The van der Waals surface area contributed by atoms with E-state index in [1.807, 2.05) is 0 Å². The molecule has 0 aliphatic heterocycles. The molecular weight excluding hydrogens is 262 g/mol. The van der Waals surface area contributed by atoms with Crippen LogP contribution in [0.1, 0.15) is 54.9 Å². The van der Waals surface area contributed by atoms with E-state index < -0.39 is 35.4 Å². The first-order chi connectivity index (χ1) is 8.80. The van der Waals surface area contributed by atoms with Gasteiger partial charge in [-0.2, -0.15) is 0 Å². The number of amides is 1. The molecule has 0 saturated heterocycles. The van der Waals surface area contributed by atoms with Crippen molar-refractivity contribution in [3.8, 4) is 0 Å². The molecule has 0 bridgehead atoms. The quantitative estimate of drug-likeness (QED) is 0.773. The van der Waals surface area contributed by atoms with Crippen molar-refractivity contribution >= 4 is 12.1 Å². The Bertz CT molecular complexity index is 306. The minimum Gasteiger partial charge on any atom is -0.460 e. The summed E-state index contributed by atoms with van der Waals surface area (Å²) in [5.74, 6) is -0.511. The number of ether oxygens (including phenoxy) is 2. The lowest BCUT2D eigenvalue weighted by atomic mass is 10.1. The zero-order valence-corrected chi connectivity index (χ0v) is 13.4. The number of nitrogens with one attached hydrogen (secondary N) is 1. The van der Waals surface area contributed by atoms with E-state index in [1.54, 1.807) is 48.5 Å². The third-order valence-electron chi connectivity index (χ3n) is 2.12. The third kappa shape index (κ3) is 9.61. The van der Waals surface area contributed by atoms with Crippen molar-refractivity contribution in [3.05, 3.63) is 0 Å². The number of aliphatic hydroxyl groups is 1. The van der Waals surface area contributed by atoms with Crippen LogP contribution in [0.3, 0.4) is 0 Å². The van der Waals surface area contributed by atoms with Gasteiger partial charge in [-0.05, 0) is 48.5 Å². The van der Waals surface area contributed by atoms with Crippen molar-refractivity contribution in [3.63, 3.8) is 0 Å². The molecule has 0 radical (unpaired) electrons. The fourth-order valence-electron chi connectivity index (χ4n) is 1.32. The van der Waals surface area contributed by atoms with E-state index in [0.29, 0.717) is 0 Å². The molecule has 0 unspecified atom stereocenters. The summed E-state index contributed by atoms with van der Waals surface area (Å²) in [5.41, 5.74) is -1.21. The molecule has 2 N–H and O–H groups in total. The highest BCUT2D eigenvalue weighted by atomic mass is 16.6. The van der Waals surface area contributed by atoms with Crippen molar-refractivity contribution in [2.24, 2.45) is 0 Å². The number of carbonyl (C=O) groups excluding carboxylic acids is 2. The zero-order chi connectivity index (χ0) is 16.1. The molecule has 0 heterocycles. The molecule has 118 valence electrons. The van der Waals surface area contributed by atoms with Gasteiger partial charge in [0.05, 0.1) is 18.6 Å². The lowest BCUT2D eigenvalue weighted by molar-refractivity contribution is -0.157. The molecule has 6 heteroatoms. The van der Waals surface area contributed by atoms with E-state index in [-0.39, 0.29) is 6.42 Å². The van der Waals surface area contributed by atoms with Crippen LogP contribution in [-0.4, -0.2) is 40.5 Å². The van der Waals surface area contributed by atoms with Gasteiger partial charge in [-0.25, -0.2) is 4.79 Å². The van der Waals surface area contributed by atoms with Crippen LogP contribution in [0.4, 0.5) is 4.79 Å². The lowest BCUT2D eigenvalue weighted by Crippen LogP contribution is -2.44. The lowest BCUT2D eigenvalue weighted by Gasteiger charge is -2.25. The molecular formula is C14H27NO5. The monoisotopic (exact) mass is 289 g/mol. The highest BCUT2D eigenvalue weighted by Gasteiger charge is 2.25. The van der Waals surface area contributed by atoms with Gasteiger partial charge in [0.25, 0.3) is 0 Å². The van der Waals surface area contributed by atoms with Crippen LogP contribution >= 0.6 is 0 Å². The summed E-state index contributed by atoms with van der Waals surface area (Å²) in [6.07, 6.45) is -1.85. The highest BCUT2D eigenvalue weighted by Crippen LogP contribution is 2.11. The van der Waals surface area contributed by atoms with Gasteiger partial charge in [0.1, 0.15) is 11.2 Å². The van der Waals surface area contributed by atoms with E-state index in [9.17, 15) is 14.7 Å². The number of carbonyl (C=O) groups is 2. The first-order valence-corrected chi connectivity index (χ1v) is 6.69. The molecule has 0 aromatic heterocycles. The molecule has 0 rings (SSSR count). The summed E-state index contributed by atoms with van der Waals surface area (Å²) < 4.78 is 10.2. The van der Waals surface area contributed by atoms with E-state index in [0.717, 1.165) is 0 Å². The second kappa shape index (κ2) is 6.92. The summed E-state index contributed by atoms with van der Waals surface area (Å²) in [5, 5.41) is 12.3. The molecule has 0 aliphatic carbocycles. The molecule has 0 spiro atoms. The Morgan fingerprint density at radius 3 is 1.90 bits per heavy atom. The van der Waals surface area contributed by atoms with Gasteiger partial charge >= 0.3 is 12.1 Å². The Morgan fingerprint density at radius 1 is 1.05 bits per heavy atom.